The van der Waals surface area contributed by atoms with E-state index in [0.29, 0.717) is 11.8 Å². The van der Waals surface area contributed by atoms with Crippen LogP contribution in [-0.4, -0.2) is 27.4 Å². The molecule has 0 spiro atoms. The van der Waals surface area contributed by atoms with Gasteiger partial charge in [0.2, 0.25) is 0 Å². The molecule has 0 fully saturated rings. The van der Waals surface area contributed by atoms with E-state index in [1.54, 1.807) is 14.2 Å². The smallest absolute Gasteiger partial charge is 0.0528 e. The molecule has 0 saturated carbocycles. The molecule has 2 heteroatoms. The van der Waals surface area contributed by atoms with Gasteiger partial charge in [-0.05, 0) is 11.1 Å². The summed E-state index contributed by atoms with van der Waals surface area (Å²) >= 11 is 0. The van der Waals surface area contributed by atoms with E-state index in [-0.39, 0.29) is 0 Å². The zero-order valence-electron chi connectivity index (χ0n) is 10.7. The Morgan fingerprint density at radius 2 is 1.38 bits per heavy atom. The zero-order valence-corrected chi connectivity index (χ0v) is 10.7. The number of benzene rings is 1. The van der Waals surface area contributed by atoms with E-state index < -0.39 is 0 Å². The van der Waals surface area contributed by atoms with Gasteiger partial charge < -0.3 is 9.47 Å². The van der Waals surface area contributed by atoms with E-state index in [9.17, 15) is 0 Å². The molecule has 0 aliphatic rings. The van der Waals surface area contributed by atoms with Crippen molar-refractivity contribution in [1.82, 2.24) is 0 Å². The molecule has 0 saturated heterocycles. The van der Waals surface area contributed by atoms with Crippen LogP contribution in [-0.2, 0) is 9.47 Å². The summed E-state index contributed by atoms with van der Waals surface area (Å²) in [5.41, 5.74) is 2.67. The van der Waals surface area contributed by atoms with Gasteiger partial charge in [-0.15, -0.1) is 0 Å². The Morgan fingerprint density at radius 3 is 1.75 bits per heavy atom. The molecule has 0 aromatic heterocycles. The van der Waals surface area contributed by atoms with Gasteiger partial charge in [-0.3, -0.25) is 0 Å². The van der Waals surface area contributed by atoms with Crippen LogP contribution in [0.25, 0.3) is 0 Å². The minimum atomic E-state index is 0.444. The average molecular weight is 222 g/mol. The molecular formula is C14H22O2. The number of hydrogen-bond donors (Lipinski definition) is 0. The van der Waals surface area contributed by atoms with Gasteiger partial charge in [0, 0.05) is 26.1 Å². The highest BCUT2D eigenvalue weighted by atomic mass is 16.5. The van der Waals surface area contributed by atoms with Crippen molar-refractivity contribution >= 4 is 0 Å². The van der Waals surface area contributed by atoms with Gasteiger partial charge in [0.25, 0.3) is 0 Å². The van der Waals surface area contributed by atoms with Gasteiger partial charge in [0.1, 0.15) is 0 Å². The van der Waals surface area contributed by atoms with Crippen molar-refractivity contribution in [3.63, 3.8) is 0 Å². The summed E-state index contributed by atoms with van der Waals surface area (Å²) in [5.74, 6) is 0.888. The highest BCUT2D eigenvalue weighted by molar-refractivity contribution is 5.28. The highest BCUT2D eigenvalue weighted by Crippen LogP contribution is 2.21. The van der Waals surface area contributed by atoms with Crippen LogP contribution < -0.4 is 0 Å². The summed E-state index contributed by atoms with van der Waals surface area (Å²) in [7, 11) is 3.49. The first-order valence-corrected chi connectivity index (χ1v) is 5.76. The van der Waals surface area contributed by atoms with Crippen molar-refractivity contribution in [1.29, 1.82) is 0 Å². The Bertz CT molecular complexity index is 282. The predicted octanol–water partition coefficient (Wildman–Crippen LogP) is 3.19. The third kappa shape index (κ3) is 3.62. The molecule has 2 atom stereocenters. The van der Waals surface area contributed by atoms with Crippen LogP contribution in [0, 0.1) is 0 Å². The fourth-order valence-electron chi connectivity index (χ4n) is 1.86. The van der Waals surface area contributed by atoms with E-state index in [2.05, 4.69) is 38.1 Å². The molecule has 0 heterocycles. The molecule has 1 rings (SSSR count). The predicted molar refractivity (Wildman–Crippen MR) is 67.0 cm³/mol. The quantitative estimate of drug-likeness (QED) is 0.736. The molecule has 0 bridgehead atoms. The van der Waals surface area contributed by atoms with Crippen LogP contribution in [0.5, 0.6) is 0 Å². The highest BCUT2D eigenvalue weighted by Gasteiger charge is 2.09. The summed E-state index contributed by atoms with van der Waals surface area (Å²) < 4.78 is 10.4. The lowest BCUT2D eigenvalue weighted by atomic mass is 9.95. The van der Waals surface area contributed by atoms with Gasteiger partial charge in [-0.2, -0.15) is 0 Å². The molecule has 1 aromatic carbocycles. The van der Waals surface area contributed by atoms with E-state index in [4.69, 9.17) is 9.47 Å². The fraction of sp³-hybridized carbons (Fsp3) is 0.571. The molecule has 1 aromatic rings. The Labute approximate surface area is 98.6 Å². The van der Waals surface area contributed by atoms with Crippen molar-refractivity contribution in [3.05, 3.63) is 35.4 Å². The molecule has 2 unspecified atom stereocenters. The topological polar surface area (TPSA) is 18.5 Å². The molecular weight excluding hydrogens is 200 g/mol. The molecule has 2 nitrogen and oxygen atoms in total. The second kappa shape index (κ2) is 6.66. The summed E-state index contributed by atoms with van der Waals surface area (Å²) in [4.78, 5) is 0. The van der Waals surface area contributed by atoms with Crippen molar-refractivity contribution < 1.29 is 9.47 Å². The van der Waals surface area contributed by atoms with Crippen LogP contribution in [0.2, 0.25) is 0 Å². The number of methoxy groups -OCH3 is 2. The number of rotatable bonds is 6. The lowest BCUT2D eigenvalue weighted by molar-refractivity contribution is 0.182. The summed E-state index contributed by atoms with van der Waals surface area (Å²) in [6, 6.07) is 8.69. The van der Waals surface area contributed by atoms with Crippen molar-refractivity contribution in [2.24, 2.45) is 0 Å². The van der Waals surface area contributed by atoms with Gasteiger partial charge in [-0.25, -0.2) is 0 Å². The molecule has 90 valence electrons. The van der Waals surface area contributed by atoms with Crippen LogP contribution in [0.4, 0.5) is 0 Å². The third-order valence-electron chi connectivity index (χ3n) is 2.88. The molecule has 0 aliphatic carbocycles. The fourth-order valence-corrected chi connectivity index (χ4v) is 1.86. The molecule has 16 heavy (non-hydrogen) atoms. The average Bonchev–Trinajstić information content (AvgIpc) is 2.30. The zero-order chi connectivity index (χ0) is 12.0. The van der Waals surface area contributed by atoms with Crippen LogP contribution >= 0.6 is 0 Å². The largest absolute Gasteiger partial charge is 0.384 e. The van der Waals surface area contributed by atoms with Crippen LogP contribution in [0.3, 0.4) is 0 Å². The van der Waals surface area contributed by atoms with Gasteiger partial charge >= 0.3 is 0 Å². The summed E-state index contributed by atoms with van der Waals surface area (Å²) in [5, 5.41) is 0. The minimum Gasteiger partial charge on any atom is -0.384 e. The van der Waals surface area contributed by atoms with E-state index in [1.807, 2.05) is 0 Å². The van der Waals surface area contributed by atoms with E-state index >= 15 is 0 Å². The Kier molecular flexibility index (Phi) is 5.50. The standard InChI is InChI=1S/C14H22O2/c1-11(9-15-3)13-6-5-7-14(8-13)12(2)10-16-4/h5-8,11-12H,9-10H2,1-4H3. The second-order valence-electron chi connectivity index (χ2n) is 4.38. The van der Waals surface area contributed by atoms with Gasteiger partial charge in [0.05, 0.1) is 13.2 Å². The Morgan fingerprint density at radius 1 is 0.938 bits per heavy atom. The SMILES string of the molecule is COCC(C)c1cccc(C(C)COC)c1. The Hall–Kier alpha value is -0.860. The second-order valence-corrected chi connectivity index (χ2v) is 4.38. The monoisotopic (exact) mass is 222 g/mol. The Balaban J connectivity index is 2.77. The van der Waals surface area contributed by atoms with Crippen molar-refractivity contribution in [2.45, 2.75) is 25.7 Å². The first kappa shape index (κ1) is 13.2. The maximum absolute atomic E-state index is 5.18. The minimum absolute atomic E-state index is 0.444. The molecule has 0 radical (unpaired) electrons. The van der Waals surface area contributed by atoms with Crippen molar-refractivity contribution in [3.8, 4) is 0 Å². The summed E-state index contributed by atoms with van der Waals surface area (Å²) in [6.07, 6.45) is 0. The molecule has 0 N–H and O–H groups in total. The van der Waals surface area contributed by atoms with E-state index in [0.717, 1.165) is 13.2 Å². The maximum atomic E-state index is 5.18. The van der Waals surface area contributed by atoms with E-state index in [1.165, 1.54) is 11.1 Å². The van der Waals surface area contributed by atoms with Crippen molar-refractivity contribution in [2.75, 3.05) is 27.4 Å². The van der Waals surface area contributed by atoms with Crippen LogP contribution in [0.15, 0.2) is 24.3 Å². The lowest BCUT2D eigenvalue weighted by Gasteiger charge is -2.15. The summed E-state index contributed by atoms with van der Waals surface area (Å²) in [6.45, 7) is 5.90. The first-order valence-electron chi connectivity index (χ1n) is 5.76. The third-order valence-corrected chi connectivity index (χ3v) is 2.88. The number of hydrogen-bond acceptors (Lipinski definition) is 2. The first-order chi connectivity index (χ1) is 7.69. The van der Waals surface area contributed by atoms with Gasteiger partial charge in [0.15, 0.2) is 0 Å². The molecule has 0 amide bonds. The lowest BCUT2D eigenvalue weighted by Crippen LogP contribution is -2.05. The van der Waals surface area contributed by atoms with Crippen LogP contribution in [0.1, 0.15) is 36.8 Å². The normalized spacial score (nSPS) is 14.8. The van der Waals surface area contributed by atoms with Gasteiger partial charge in [-0.1, -0.05) is 38.1 Å². The molecule has 0 aliphatic heterocycles. The number of ether oxygens (including phenoxy) is 2. The maximum Gasteiger partial charge on any atom is 0.0528 e.